The van der Waals surface area contributed by atoms with Crippen molar-refractivity contribution in [2.75, 3.05) is 39.8 Å². The molecule has 0 aromatic heterocycles. The van der Waals surface area contributed by atoms with Gasteiger partial charge in [-0.3, -0.25) is 4.79 Å². The van der Waals surface area contributed by atoms with Crippen molar-refractivity contribution >= 4 is 5.91 Å². The standard InChI is InChI=1S/C13H25N3O/c1-13(5-6-15-9-13)10-16-7-3-4-11(8-16)12(17)14-2/h11,15H,3-10H2,1-2H3,(H,14,17). The van der Waals surface area contributed by atoms with Crippen LogP contribution in [0.15, 0.2) is 0 Å². The highest BCUT2D eigenvalue weighted by Crippen LogP contribution is 2.28. The fraction of sp³-hybridized carbons (Fsp3) is 0.923. The Hall–Kier alpha value is -0.610. The number of nitrogens with one attached hydrogen (secondary N) is 2. The van der Waals surface area contributed by atoms with Crippen LogP contribution in [0, 0.1) is 11.3 Å². The first-order chi connectivity index (χ1) is 8.13. The molecule has 17 heavy (non-hydrogen) atoms. The molecule has 0 aromatic carbocycles. The quantitative estimate of drug-likeness (QED) is 0.751. The van der Waals surface area contributed by atoms with Crippen molar-refractivity contribution in [1.82, 2.24) is 15.5 Å². The summed E-state index contributed by atoms with van der Waals surface area (Å²) in [4.78, 5) is 14.2. The summed E-state index contributed by atoms with van der Waals surface area (Å²) in [5.41, 5.74) is 0.407. The number of carbonyl (C=O) groups excluding carboxylic acids is 1. The predicted octanol–water partition coefficient (Wildman–Crippen LogP) is 0.444. The van der Waals surface area contributed by atoms with Gasteiger partial charge in [-0.25, -0.2) is 0 Å². The Morgan fingerprint density at radius 2 is 2.41 bits per heavy atom. The van der Waals surface area contributed by atoms with Gasteiger partial charge in [0.15, 0.2) is 0 Å². The van der Waals surface area contributed by atoms with Gasteiger partial charge in [0, 0.05) is 26.7 Å². The molecule has 2 saturated heterocycles. The fourth-order valence-electron chi connectivity index (χ4n) is 3.16. The first-order valence-corrected chi connectivity index (χ1v) is 6.78. The second kappa shape index (κ2) is 5.36. The number of likely N-dealkylation sites (tertiary alicyclic amines) is 1. The van der Waals surface area contributed by atoms with Crippen LogP contribution in [0.2, 0.25) is 0 Å². The molecule has 0 bridgehead atoms. The second-order valence-electron chi connectivity index (χ2n) is 5.93. The first-order valence-electron chi connectivity index (χ1n) is 6.78. The molecule has 2 N–H and O–H groups in total. The van der Waals surface area contributed by atoms with E-state index in [9.17, 15) is 4.79 Å². The summed E-state index contributed by atoms with van der Waals surface area (Å²) in [5, 5.41) is 6.22. The van der Waals surface area contributed by atoms with E-state index in [-0.39, 0.29) is 11.8 Å². The van der Waals surface area contributed by atoms with Gasteiger partial charge in [0.05, 0.1) is 5.92 Å². The summed E-state index contributed by atoms with van der Waals surface area (Å²) in [6.45, 7) is 7.85. The van der Waals surface area contributed by atoms with E-state index in [0.29, 0.717) is 5.41 Å². The van der Waals surface area contributed by atoms with Gasteiger partial charge in [0.25, 0.3) is 0 Å². The van der Waals surface area contributed by atoms with E-state index in [4.69, 9.17) is 0 Å². The number of hydrogen-bond acceptors (Lipinski definition) is 3. The largest absolute Gasteiger partial charge is 0.359 e. The molecule has 4 heteroatoms. The van der Waals surface area contributed by atoms with Gasteiger partial charge in [-0.15, -0.1) is 0 Å². The Labute approximate surface area is 104 Å². The van der Waals surface area contributed by atoms with Gasteiger partial charge < -0.3 is 15.5 Å². The van der Waals surface area contributed by atoms with Crippen LogP contribution in [-0.4, -0.2) is 50.6 Å². The molecule has 0 saturated carbocycles. The lowest BCUT2D eigenvalue weighted by Gasteiger charge is -2.37. The zero-order chi connectivity index (χ0) is 12.3. The smallest absolute Gasteiger partial charge is 0.224 e. The highest BCUT2D eigenvalue weighted by Gasteiger charge is 2.33. The lowest BCUT2D eigenvalue weighted by Crippen LogP contribution is -2.46. The summed E-state index contributed by atoms with van der Waals surface area (Å²) >= 11 is 0. The van der Waals surface area contributed by atoms with Crippen molar-refractivity contribution in [3.8, 4) is 0 Å². The maximum absolute atomic E-state index is 11.7. The fourth-order valence-corrected chi connectivity index (χ4v) is 3.16. The molecule has 2 atom stereocenters. The van der Waals surface area contributed by atoms with E-state index in [0.717, 1.165) is 45.6 Å². The van der Waals surface area contributed by atoms with Crippen LogP contribution in [0.5, 0.6) is 0 Å². The molecular formula is C13H25N3O. The molecular weight excluding hydrogens is 214 g/mol. The Morgan fingerprint density at radius 3 is 3.06 bits per heavy atom. The van der Waals surface area contributed by atoms with Gasteiger partial charge in [-0.05, 0) is 37.8 Å². The summed E-state index contributed by atoms with van der Waals surface area (Å²) in [6.07, 6.45) is 3.46. The highest BCUT2D eigenvalue weighted by atomic mass is 16.1. The molecule has 2 rings (SSSR count). The van der Waals surface area contributed by atoms with E-state index in [1.165, 1.54) is 6.42 Å². The van der Waals surface area contributed by atoms with E-state index >= 15 is 0 Å². The minimum Gasteiger partial charge on any atom is -0.359 e. The number of carbonyl (C=O) groups is 1. The van der Waals surface area contributed by atoms with E-state index in [1.807, 2.05) is 0 Å². The number of piperidine rings is 1. The van der Waals surface area contributed by atoms with Crippen LogP contribution in [0.3, 0.4) is 0 Å². The highest BCUT2D eigenvalue weighted by molar-refractivity contribution is 5.78. The van der Waals surface area contributed by atoms with E-state index in [1.54, 1.807) is 7.05 Å². The summed E-state index contributed by atoms with van der Waals surface area (Å²) in [6, 6.07) is 0. The van der Waals surface area contributed by atoms with Crippen LogP contribution in [-0.2, 0) is 4.79 Å². The Balaban J connectivity index is 1.86. The number of rotatable bonds is 3. The van der Waals surface area contributed by atoms with Gasteiger partial charge >= 0.3 is 0 Å². The van der Waals surface area contributed by atoms with Crippen LogP contribution < -0.4 is 10.6 Å². The van der Waals surface area contributed by atoms with Gasteiger partial charge in [-0.2, -0.15) is 0 Å². The van der Waals surface area contributed by atoms with Crippen LogP contribution in [0.25, 0.3) is 0 Å². The van der Waals surface area contributed by atoms with Crippen molar-refractivity contribution in [3.05, 3.63) is 0 Å². The van der Waals surface area contributed by atoms with E-state index < -0.39 is 0 Å². The topological polar surface area (TPSA) is 44.4 Å². The zero-order valence-electron chi connectivity index (χ0n) is 11.1. The third-order valence-corrected chi connectivity index (χ3v) is 4.19. The number of hydrogen-bond donors (Lipinski definition) is 2. The maximum atomic E-state index is 11.7. The molecule has 98 valence electrons. The molecule has 0 aliphatic carbocycles. The van der Waals surface area contributed by atoms with Crippen molar-refractivity contribution in [2.45, 2.75) is 26.2 Å². The van der Waals surface area contributed by atoms with Crippen LogP contribution in [0.4, 0.5) is 0 Å². The number of nitrogens with zero attached hydrogens (tertiary/aromatic N) is 1. The molecule has 0 aromatic rings. The predicted molar refractivity (Wildman–Crippen MR) is 68.8 cm³/mol. The molecule has 4 nitrogen and oxygen atoms in total. The maximum Gasteiger partial charge on any atom is 0.224 e. The first kappa shape index (κ1) is 12.8. The molecule has 2 aliphatic heterocycles. The SMILES string of the molecule is CNC(=O)C1CCCN(CC2(C)CCNC2)C1. The zero-order valence-corrected chi connectivity index (χ0v) is 11.1. The second-order valence-corrected chi connectivity index (χ2v) is 5.93. The third kappa shape index (κ3) is 3.19. The summed E-state index contributed by atoms with van der Waals surface area (Å²) in [7, 11) is 1.74. The molecule has 0 radical (unpaired) electrons. The van der Waals surface area contributed by atoms with Crippen molar-refractivity contribution in [2.24, 2.45) is 11.3 Å². The van der Waals surface area contributed by atoms with Crippen LogP contribution >= 0.6 is 0 Å². The molecule has 0 spiro atoms. The summed E-state index contributed by atoms with van der Waals surface area (Å²) in [5.74, 6) is 0.413. The van der Waals surface area contributed by atoms with Crippen molar-refractivity contribution < 1.29 is 4.79 Å². The minimum absolute atomic E-state index is 0.201. The molecule has 2 heterocycles. The molecule has 1 amide bonds. The minimum atomic E-state index is 0.201. The van der Waals surface area contributed by atoms with Gasteiger partial charge in [0.2, 0.25) is 5.91 Å². The van der Waals surface area contributed by atoms with Crippen molar-refractivity contribution in [3.63, 3.8) is 0 Å². The summed E-state index contributed by atoms with van der Waals surface area (Å²) < 4.78 is 0. The third-order valence-electron chi connectivity index (χ3n) is 4.19. The van der Waals surface area contributed by atoms with E-state index in [2.05, 4.69) is 22.5 Å². The molecule has 2 unspecified atom stereocenters. The molecule has 2 fully saturated rings. The Bertz CT molecular complexity index is 274. The average molecular weight is 239 g/mol. The Kier molecular flexibility index (Phi) is 4.05. The monoisotopic (exact) mass is 239 g/mol. The van der Waals surface area contributed by atoms with Crippen molar-refractivity contribution in [1.29, 1.82) is 0 Å². The van der Waals surface area contributed by atoms with Gasteiger partial charge in [0.1, 0.15) is 0 Å². The van der Waals surface area contributed by atoms with Crippen LogP contribution in [0.1, 0.15) is 26.2 Å². The average Bonchev–Trinajstić information content (AvgIpc) is 2.75. The normalized spacial score (nSPS) is 34.8. The lowest BCUT2D eigenvalue weighted by atomic mass is 9.87. The molecule has 2 aliphatic rings. The Morgan fingerprint density at radius 1 is 1.59 bits per heavy atom. The van der Waals surface area contributed by atoms with Gasteiger partial charge in [-0.1, -0.05) is 6.92 Å². The number of amides is 1. The lowest BCUT2D eigenvalue weighted by molar-refractivity contribution is -0.126.